The van der Waals surface area contributed by atoms with Crippen molar-refractivity contribution >= 4 is 67.0 Å². The third-order valence-electron chi connectivity index (χ3n) is 6.56. The van der Waals surface area contributed by atoms with Crippen LogP contribution in [-0.2, 0) is 10.0 Å². The summed E-state index contributed by atoms with van der Waals surface area (Å²) in [5, 5.41) is 7.44. The zero-order valence-corrected chi connectivity index (χ0v) is 23.7. The molecule has 2 atom stereocenters. The lowest BCUT2D eigenvalue weighted by Crippen LogP contribution is -2.34. The molecule has 0 saturated carbocycles. The average molecular weight is 588 g/mol. The molecule has 38 heavy (non-hydrogen) atoms. The Morgan fingerprint density at radius 3 is 2.32 bits per heavy atom. The fourth-order valence-corrected chi connectivity index (χ4v) is 6.75. The van der Waals surface area contributed by atoms with Crippen molar-refractivity contribution in [2.45, 2.75) is 23.4 Å². The molecule has 6 nitrogen and oxygen atoms in total. The van der Waals surface area contributed by atoms with Crippen molar-refractivity contribution in [3.63, 3.8) is 0 Å². The highest BCUT2D eigenvalue weighted by Crippen LogP contribution is 2.35. The fraction of sp³-hybridized carbons (Fsp3) is 0.179. The summed E-state index contributed by atoms with van der Waals surface area (Å²) in [7, 11) is -0.164. The van der Waals surface area contributed by atoms with Crippen LogP contribution in [0.1, 0.15) is 29.6 Å². The van der Waals surface area contributed by atoms with Crippen molar-refractivity contribution in [3.05, 3.63) is 105 Å². The molecule has 196 valence electrons. The molecule has 1 aliphatic heterocycles. The number of sulfonamides is 1. The standard InChI is InChI=1S/C28H25Cl3N4O2S/c1-35(2)26-7-3-6-21-20(26)5-4-8-27(21)38(36,37)34-28(22-14-13-19(30)15-23(22)31)25-16-24(32-33-25)17-9-11-18(29)12-10-17/h3-15,24,28,32,34H,16H2,1-2H3. The van der Waals surface area contributed by atoms with Crippen LogP contribution in [0.5, 0.6) is 0 Å². The molecular formula is C28H25Cl3N4O2S. The van der Waals surface area contributed by atoms with Crippen LogP contribution in [0.2, 0.25) is 15.1 Å². The second kappa shape index (κ2) is 10.8. The Bertz CT molecular complexity index is 1640. The summed E-state index contributed by atoms with van der Waals surface area (Å²) in [5.74, 6) is 0. The molecule has 2 unspecified atom stereocenters. The maximum absolute atomic E-state index is 14.0. The highest BCUT2D eigenvalue weighted by atomic mass is 35.5. The second-order valence-electron chi connectivity index (χ2n) is 9.28. The van der Waals surface area contributed by atoms with Crippen molar-refractivity contribution in [1.82, 2.24) is 10.1 Å². The maximum Gasteiger partial charge on any atom is 0.242 e. The average Bonchev–Trinajstić information content (AvgIpc) is 3.37. The summed E-state index contributed by atoms with van der Waals surface area (Å²) in [6.45, 7) is 0. The van der Waals surface area contributed by atoms with Crippen LogP contribution in [0, 0.1) is 0 Å². The molecule has 1 aliphatic rings. The van der Waals surface area contributed by atoms with Gasteiger partial charge in [0.1, 0.15) is 0 Å². The second-order valence-corrected chi connectivity index (χ2v) is 12.2. The van der Waals surface area contributed by atoms with Crippen LogP contribution >= 0.6 is 34.8 Å². The number of nitrogens with zero attached hydrogens (tertiary/aromatic N) is 2. The summed E-state index contributed by atoms with van der Waals surface area (Å²) in [4.78, 5) is 2.13. The van der Waals surface area contributed by atoms with Gasteiger partial charge in [-0.2, -0.15) is 9.82 Å². The van der Waals surface area contributed by atoms with Crippen LogP contribution < -0.4 is 15.0 Å². The number of rotatable bonds is 7. The number of nitrogens with one attached hydrogen (secondary N) is 2. The van der Waals surface area contributed by atoms with E-state index in [1.54, 1.807) is 30.3 Å². The lowest BCUT2D eigenvalue weighted by atomic mass is 9.96. The van der Waals surface area contributed by atoms with E-state index in [1.807, 2.05) is 67.5 Å². The molecule has 1 heterocycles. The molecule has 4 aromatic rings. The van der Waals surface area contributed by atoms with E-state index in [2.05, 4.69) is 15.2 Å². The lowest BCUT2D eigenvalue weighted by Gasteiger charge is -2.22. The van der Waals surface area contributed by atoms with E-state index in [0.29, 0.717) is 38.2 Å². The van der Waals surface area contributed by atoms with Crippen LogP contribution in [0.3, 0.4) is 0 Å². The van der Waals surface area contributed by atoms with E-state index in [1.165, 1.54) is 0 Å². The van der Waals surface area contributed by atoms with E-state index in [4.69, 9.17) is 34.8 Å². The van der Waals surface area contributed by atoms with E-state index < -0.39 is 16.1 Å². The number of hydrogen-bond donors (Lipinski definition) is 2. The highest BCUT2D eigenvalue weighted by Gasteiger charge is 2.33. The molecule has 10 heteroatoms. The van der Waals surface area contributed by atoms with Gasteiger partial charge in [0.2, 0.25) is 10.0 Å². The quantitative estimate of drug-likeness (QED) is 0.245. The van der Waals surface area contributed by atoms with Gasteiger partial charge < -0.3 is 10.3 Å². The molecule has 2 N–H and O–H groups in total. The number of fused-ring (bicyclic) bond motifs is 1. The number of hydrazone groups is 1. The fourth-order valence-electron chi connectivity index (χ4n) is 4.69. The predicted octanol–water partition coefficient (Wildman–Crippen LogP) is 6.98. The molecule has 0 aliphatic carbocycles. The Morgan fingerprint density at radius 2 is 1.61 bits per heavy atom. The Morgan fingerprint density at radius 1 is 0.921 bits per heavy atom. The van der Waals surface area contributed by atoms with E-state index in [-0.39, 0.29) is 10.9 Å². The van der Waals surface area contributed by atoms with Gasteiger partial charge in [-0.3, -0.25) is 0 Å². The van der Waals surface area contributed by atoms with Crippen LogP contribution in [-0.4, -0.2) is 28.2 Å². The summed E-state index contributed by atoms with van der Waals surface area (Å²) < 4.78 is 30.8. The SMILES string of the molecule is CN(C)c1cccc2c(S(=O)(=O)NC(C3=NNC(c4ccc(Cl)cc4)C3)c3ccc(Cl)cc3Cl)cccc12. The zero-order valence-electron chi connectivity index (χ0n) is 20.6. The first-order valence-electron chi connectivity index (χ1n) is 11.9. The first kappa shape index (κ1) is 26.8. The van der Waals surface area contributed by atoms with Crippen LogP contribution in [0.15, 0.2) is 88.9 Å². The molecule has 0 aromatic heterocycles. The van der Waals surface area contributed by atoms with Crippen molar-refractivity contribution in [1.29, 1.82) is 0 Å². The zero-order chi connectivity index (χ0) is 27.0. The van der Waals surface area contributed by atoms with Gasteiger partial charge in [-0.25, -0.2) is 8.42 Å². The Hall–Kier alpha value is -2.81. The van der Waals surface area contributed by atoms with Gasteiger partial charge >= 0.3 is 0 Å². The summed E-state index contributed by atoms with van der Waals surface area (Å²) >= 11 is 18.8. The Labute approximate surface area is 237 Å². The smallest absolute Gasteiger partial charge is 0.242 e. The van der Waals surface area contributed by atoms with Crippen LogP contribution in [0.25, 0.3) is 10.8 Å². The first-order chi connectivity index (χ1) is 18.1. The Balaban J connectivity index is 1.55. The van der Waals surface area contributed by atoms with Crippen molar-refractivity contribution in [3.8, 4) is 0 Å². The van der Waals surface area contributed by atoms with Crippen molar-refractivity contribution in [2.75, 3.05) is 19.0 Å². The Kier molecular flexibility index (Phi) is 7.58. The molecule has 0 fully saturated rings. The lowest BCUT2D eigenvalue weighted by molar-refractivity contribution is 0.577. The molecule has 0 radical (unpaired) electrons. The molecule has 0 amide bonds. The van der Waals surface area contributed by atoms with Crippen molar-refractivity contribution in [2.24, 2.45) is 5.10 Å². The first-order valence-corrected chi connectivity index (χ1v) is 14.5. The molecule has 0 bridgehead atoms. The molecule has 0 spiro atoms. The minimum Gasteiger partial charge on any atom is -0.377 e. The van der Waals surface area contributed by atoms with E-state index in [9.17, 15) is 8.42 Å². The summed E-state index contributed by atoms with van der Waals surface area (Å²) in [6.07, 6.45) is 0.466. The van der Waals surface area contributed by atoms with Gasteiger partial charge in [0.05, 0.1) is 22.7 Å². The number of benzene rings is 4. The summed E-state index contributed by atoms with van der Waals surface area (Å²) in [6, 6.07) is 22.4. The topological polar surface area (TPSA) is 73.8 Å². The minimum absolute atomic E-state index is 0.138. The third-order valence-corrected chi connectivity index (χ3v) is 8.86. The normalized spacial score (nSPS) is 16.2. The molecule has 5 rings (SSSR count). The van der Waals surface area contributed by atoms with E-state index >= 15 is 0 Å². The van der Waals surface area contributed by atoms with Crippen molar-refractivity contribution < 1.29 is 8.42 Å². The van der Waals surface area contributed by atoms with Gasteiger partial charge in [0, 0.05) is 52.0 Å². The summed E-state index contributed by atoms with van der Waals surface area (Å²) in [5.41, 5.74) is 6.21. The largest absolute Gasteiger partial charge is 0.377 e. The van der Waals surface area contributed by atoms with Gasteiger partial charge in [-0.15, -0.1) is 0 Å². The van der Waals surface area contributed by atoms with Crippen LogP contribution in [0.4, 0.5) is 5.69 Å². The number of halogens is 3. The molecular weight excluding hydrogens is 563 g/mol. The number of hydrogen-bond acceptors (Lipinski definition) is 5. The predicted molar refractivity (Wildman–Crippen MR) is 157 cm³/mol. The third kappa shape index (κ3) is 5.35. The maximum atomic E-state index is 14.0. The van der Waals surface area contributed by atoms with Gasteiger partial charge in [0.15, 0.2) is 0 Å². The van der Waals surface area contributed by atoms with Gasteiger partial charge in [0.25, 0.3) is 0 Å². The highest BCUT2D eigenvalue weighted by molar-refractivity contribution is 7.89. The van der Waals surface area contributed by atoms with Gasteiger partial charge in [-0.05, 0) is 47.5 Å². The minimum atomic E-state index is -4.01. The molecule has 4 aromatic carbocycles. The molecule has 0 saturated heterocycles. The number of anilines is 1. The van der Waals surface area contributed by atoms with Gasteiger partial charge in [-0.1, -0.05) is 77.3 Å². The monoisotopic (exact) mass is 586 g/mol. The van der Waals surface area contributed by atoms with E-state index in [0.717, 1.165) is 16.6 Å².